The molecule has 1 fully saturated rings. The molecule has 1 aliphatic rings. The van der Waals surface area contributed by atoms with E-state index in [0.717, 1.165) is 18.4 Å². The molecular weight excluding hydrogens is 372 g/mol. The van der Waals surface area contributed by atoms with Crippen LogP contribution in [0.15, 0.2) is 12.1 Å². The van der Waals surface area contributed by atoms with Crippen LogP contribution in [0.2, 0.25) is 0 Å². The summed E-state index contributed by atoms with van der Waals surface area (Å²) >= 11 is 0. The number of hydrogen-bond acceptors (Lipinski definition) is 7. The Morgan fingerprint density at radius 3 is 2.15 bits per heavy atom. The third-order valence-electron chi connectivity index (χ3n) is 4.90. The molecule has 27 heavy (non-hydrogen) atoms. The van der Waals surface area contributed by atoms with E-state index in [2.05, 4.69) is 0 Å². The van der Waals surface area contributed by atoms with Crippen LogP contribution in [0.4, 0.5) is 0 Å². The summed E-state index contributed by atoms with van der Waals surface area (Å²) in [5.74, 6) is -0.103. The summed E-state index contributed by atoms with van der Waals surface area (Å²) in [6.07, 6.45) is 2.97. The lowest BCUT2D eigenvalue weighted by Gasteiger charge is -2.32. The lowest BCUT2D eigenvalue weighted by molar-refractivity contribution is -0.139. The first-order chi connectivity index (χ1) is 12.9. The van der Waals surface area contributed by atoms with Crippen LogP contribution in [0.1, 0.15) is 44.1 Å². The van der Waals surface area contributed by atoms with Crippen LogP contribution in [-0.2, 0) is 19.4 Å². The van der Waals surface area contributed by atoms with Gasteiger partial charge >= 0.3 is 5.97 Å². The number of hydrogen-bond donors (Lipinski definition) is 0. The second-order valence-corrected chi connectivity index (χ2v) is 8.72. The highest BCUT2D eigenvalue weighted by molar-refractivity contribution is 7.92. The molecule has 0 aliphatic heterocycles. The molecule has 7 nitrogen and oxygen atoms in total. The molecule has 1 aromatic carbocycles. The number of rotatable bonds is 8. The largest absolute Gasteiger partial charge is 0.493 e. The van der Waals surface area contributed by atoms with E-state index >= 15 is 0 Å². The van der Waals surface area contributed by atoms with Crippen molar-refractivity contribution in [2.45, 2.75) is 43.8 Å². The maximum absolute atomic E-state index is 12.9. The first-order valence-corrected chi connectivity index (χ1v) is 10.8. The highest BCUT2D eigenvalue weighted by atomic mass is 32.2. The summed E-state index contributed by atoms with van der Waals surface area (Å²) < 4.78 is 46.8. The van der Waals surface area contributed by atoms with Gasteiger partial charge in [-0.05, 0) is 37.5 Å². The van der Waals surface area contributed by atoms with Crippen molar-refractivity contribution in [3.63, 3.8) is 0 Å². The summed E-state index contributed by atoms with van der Waals surface area (Å²) in [5, 5.41) is -0.640. The second kappa shape index (κ2) is 9.30. The number of benzene rings is 1. The zero-order valence-electron chi connectivity index (χ0n) is 16.3. The minimum atomic E-state index is -3.64. The number of sulfone groups is 1. The van der Waals surface area contributed by atoms with E-state index in [0.29, 0.717) is 30.1 Å². The average molecular weight is 400 g/mol. The molecule has 0 spiro atoms. The van der Waals surface area contributed by atoms with Gasteiger partial charge in [-0.25, -0.2) is 8.42 Å². The molecule has 2 atom stereocenters. The zero-order chi connectivity index (χ0) is 20.0. The fraction of sp³-hybridized carbons (Fsp3) is 0.632. The lowest BCUT2D eigenvalue weighted by atomic mass is 9.83. The van der Waals surface area contributed by atoms with Gasteiger partial charge in [0.2, 0.25) is 5.75 Å². The van der Waals surface area contributed by atoms with Gasteiger partial charge in [0.15, 0.2) is 21.3 Å². The molecule has 0 unspecified atom stereocenters. The molecule has 0 amide bonds. The van der Waals surface area contributed by atoms with Crippen LogP contribution in [0.3, 0.4) is 0 Å². The Labute approximate surface area is 160 Å². The van der Waals surface area contributed by atoms with E-state index in [1.54, 1.807) is 19.1 Å². The topological polar surface area (TPSA) is 88.1 Å². The maximum Gasteiger partial charge on any atom is 0.321 e. The third kappa shape index (κ3) is 4.86. The van der Waals surface area contributed by atoms with Gasteiger partial charge in [-0.2, -0.15) is 0 Å². The highest BCUT2D eigenvalue weighted by Gasteiger charge is 2.38. The fourth-order valence-corrected chi connectivity index (χ4v) is 5.64. The first-order valence-electron chi connectivity index (χ1n) is 9.05. The number of carbonyl (C=O) groups excluding carboxylic acids is 1. The standard InChI is InChI=1S/C19H28O7S/c1-5-26-18(20)12-27(21,22)17-9-7-6-8-14(17)13-10-15(23-2)19(25-4)16(11-13)24-3/h10-11,14,17H,5-9,12H2,1-4H3/t14-,17-/m0/s1. The Balaban J connectivity index is 2.41. The monoisotopic (exact) mass is 400 g/mol. The van der Waals surface area contributed by atoms with Crippen molar-refractivity contribution in [3.05, 3.63) is 17.7 Å². The normalized spacial score (nSPS) is 20.0. The van der Waals surface area contributed by atoms with Gasteiger partial charge in [-0.15, -0.1) is 0 Å². The zero-order valence-corrected chi connectivity index (χ0v) is 17.1. The lowest BCUT2D eigenvalue weighted by Crippen LogP contribution is -2.35. The van der Waals surface area contributed by atoms with Gasteiger partial charge in [-0.3, -0.25) is 4.79 Å². The molecule has 0 bridgehead atoms. The predicted octanol–water partition coefficient (Wildman–Crippen LogP) is 2.72. The molecule has 1 aromatic rings. The van der Waals surface area contributed by atoms with Crippen LogP contribution in [0.5, 0.6) is 17.2 Å². The van der Waals surface area contributed by atoms with Crippen LogP contribution < -0.4 is 14.2 Å². The Hall–Kier alpha value is -1.96. The summed E-state index contributed by atoms with van der Waals surface area (Å²) in [6.45, 7) is 1.82. The van der Waals surface area contributed by atoms with Crippen molar-refractivity contribution in [2.24, 2.45) is 0 Å². The molecule has 0 saturated heterocycles. The van der Waals surface area contributed by atoms with Crippen LogP contribution in [0.25, 0.3) is 0 Å². The second-order valence-electron chi connectivity index (χ2n) is 6.50. The van der Waals surface area contributed by atoms with E-state index < -0.39 is 26.8 Å². The minimum absolute atomic E-state index is 0.162. The predicted molar refractivity (Wildman–Crippen MR) is 102 cm³/mol. The van der Waals surface area contributed by atoms with Crippen molar-refractivity contribution < 1.29 is 32.2 Å². The molecule has 0 radical (unpaired) electrons. The molecule has 0 heterocycles. The van der Waals surface area contributed by atoms with Gasteiger partial charge in [0, 0.05) is 5.92 Å². The summed E-state index contributed by atoms with van der Waals surface area (Å²) in [7, 11) is 0.926. The van der Waals surface area contributed by atoms with Crippen molar-refractivity contribution in [1.29, 1.82) is 0 Å². The first kappa shape index (κ1) is 21.3. The molecule has 2 rings (SSSR count). The summed E-state index contributed by atoms with van der Waals surface area (Å²) in [4.78, 5) is 11.8. The van der Waals surface area contributed by atoms with Crippen molar-refractivity contribution in [1.82, 2.24) is 0 Å². The maximum atomic E-state index is 12.9. The average Bonchev–Trinajstić information content (AvgIpc) is 2.66. The van der Waals surface area contributed by atoms with Gasteiger partial charge in [0.05, 0.1) is 33.2 Å². The molecule has 8 heteroatoms. The SMILES string of the molecule is CCOC(=O)CS(=O)(=O)[C@H]1CCCC[C@H]1c1cc(OC)c(OC)c(OC)c1. The van der Waals surface area contributed by atoms with Crippen LogP contribution >= 0.6 is 0 Å². The van der Waals surface area contributed by atoms with Crippen molar-refractivity contribution >= 4 is 15.8 Å². The fourth-order valence-electron chi connectivity index (χ4n) is 3.70. The van der Waals surface area contributed by atoms with Crippen LogP contribution in [-0.4, -0.2) is 53.3 Å². The Kier molecular flexibility index (Phi) is 7.35. The summed E-state index contributed by atoms with van der Waals surface area (Å²) in [5.41, 5.74) is 0.807. The minimum Gasteiger partial charge on any atom is -0.493 e. The van der Waals surface area contributed by atoms with Gasteiger partial charge < -0.3 is 18.9 Å². The van der Waals surface area contributed by atoms with E-state index in [-0.39, 0.29) is 12.5 Å². The van der Waals surface area contributed by atoms with Gasteiger partial charge in [0.25, 0.3) is 0 Å². The van der Waals surface area contributed by atoms with E-state index in [1.807, 2.05) is 0 Å². The molecular formula is C19H28O7S. The quantitative estimate of drug-likeness (QED) is 0.620. The van der Waals surface area contributed by atoms with E-state index in [4.69, 9.17) is 18.9 Å². The Morgan fingerprint density at radius 2 is 1.63 bits per heavy atom. The van der Waals surface area contributed by atoms with Gasteiger partial charge in [-0.1, -0.05) is 12.8 Å². The third-order valence-corrected chi connectivity index (χ3v) is 7.03. The molecule has 0 N–H and O–H groups in total. The van der Waals surface area contributed by atoms with Crippen LogP contribution in [0, 0.1) is 0 Å². The smallest absolute Gasteiger partial charge is 0.321 e. The molecule has 0 aromatic heterocycles. The molecule has 1 saturated carbocycles. The number of methoxy groups -OCH3 is 3. The number of esters is 1. The molecule has 152 valence electrons. The number of ether oxygens (including phenoxy) is 4. The van der Waals surface area contributed by atoms with Gasteiger partial charge in [0.1, 0.15) is 5.75 Å². The Morgan fingerprint density at radius 1 is 1.04 bits per heavy atom. The Bertz CT molecular complexity index is 732. The highest BCUT2D eigenvalue weighted by Crippen LogP contribution is 2.44. The van der Waals surface area contributed by atoms with E-state index in [9.17, 15) is 13.2 Å². The number of carbonyl (C=O) groups is 1. The van der Waals surface area contributed by atoms with E-state index in [1.165, 1.54) is 21.3 Å². The van der Waals surface area contributed by atoms with Crippen molar-refractivity contribution in [2.75, 3.05) is 33.7 Å². The van der Waals surface area contributed by atoms with Crippen molar-refractivity contribution in [3.8, 4) is 17.2 Å². The summed E-state index contributed by atoms with van der Waals surface area (Å²) in [6, 6.07) is 3.59. The molecule has 1 aliphatic carbocycles.